The molecule has 0 spiro atoms. The number of hydrogen-bond donors (Lipinski definition) is 1. The number of benzene rings is 2. The van der Waals surface area contributed by atoms with Gasteiger partial charge in [0, 0.05) is 15.7 Å². The highest BCUT2D eigenvalue weighted by Gasteiger charge is 2.36. The molecule has 0 saturated carbocycles. The maximum absolute atomic E-state index is 12.8. The molecule has 168 valence electrons. The molecule has 0 radical (unpaired) electrons. The molecule has 0 aromatic heterocycles. The van der Waals surface area contributed by atoms with Crippen LogP contribution in [0.2, 0.25) is 0 Å². The molecule has 9 heteroatoms. The minimum Gasteiger partial charge on any atom is -0.494 e. The SMILES string of the molecule is CCCOc1ccc(Br)cc1/C=C1/SC(=O)N(CC(=O)Nc2ccc(OCC)cc2)C1=O. The van der Waals surface area contributed by atoms with Gasteiger partial charge in [-0.2, -0.15) is 0 Å². The zero-order chi connectivity index (χ0) is 23.1. The first-order valence-corrected chi connectivity index (χ1v) is 11.7. The molecule has 32 heavy (non-hydrogen) atoms. The molecule has 1 fully saturated rings. The predicted molar refractivity (Wildman–Crippen MR) is 129 cm³/mol. The zero-order valence-corrected chi connectivity index (χ0v) is 20.1. The van der Waals surface area contributed by atoms with Gasteiger partial charge in [0.15, 0.2) is 0 Å². The van der Waals surface area contributed by atoms with Crippen molar-refractivity contribution in [3.05, 3.63) is 57.4 Å². The average molecular weight is 519 g/mol. The van der Waals surface area contributed by atoms with E-state index in [0.717, 1.165) is 27.6 Å². The molecule has 2 aromatic rings. The Hall–Kier alpha value is -2.78. The first-order valence-electron chi connectivity index (χ1n) is 10.1. The summed E-state index contributed by atoms with van der Waals surface area (Å²) < 4.78 is 11.9. The Bertz CT molecular complexity index is 1040. The summed E-state index contributed by atoms with van der Waals surface area (Å²) in [6.07, 6.45) is 2.46. The number of ether oxygens (including phenoxy) is 2. The highest BCUT2D eigenvalue weighted by Crippen LogP contribution is 2.35. The van der Waals surface area contributed by atoms with E-state index in [-0.39, 0.29) is 11.4 Å². The van der Waals surface area contributed by atoms with Gasteiger partial charge in [-0.05, 0) is 73.6 Å². The van der Waals surface area contributed by atoms with Gasteiger partial charge in [-0.1, -0.05) is 22.9 Å². The van der Waals surface area contributed by atoms with Crippen LogP contribution in [0.3, 0.4) is 0 Å². The first kappa shape index (κ1) is 23.9. The van der Waals surface area contributed by atoms with Gasteiger partial charge in [0.2, 0.25) is 5.91 Å². The van der Waals surface area contributed by atoms with Crippen LogP contribution >= 0.6 is 27.7 Å². The van der Waals surface area contributed by atoms with Crippen molar-refractivity contribution in [2.24, 2.45) is 0 Å². The van der Waals surface area contributed by atoms with Crippen LogP contribution in [-0.2, 0) is 9.59 Å². The normalized spacial score (nSPS) is 14.7. The number of rotatable bonds is 9. The number of halogens is 1. The molecule has 2 aromatic carbocycles. The van der Waals surface area contributed by atoms with Crippen molar-refractivity contribution in [1.82, 2.24) is 4.90 Å². The van der Waals surface area contributed by atoms with Crippen molar-refractivity contribution < 1.29 is 23.9 Å². The van der Waals surface area contributed by atoms with E-state index in [9.17, 15) is 14.4 Å². The van der Waals surface area contributed by atoms with Crippen LogP contribution in [0.1, 0.15) is 25.8 Å². The maximum Gasteiger partial charge on any atom is 0.294 e. The van der Waals surface area contributed by atoms with Gasteiger partial charge in [0.25, 0.3) is 11.1 Å². The minimum absolute atomic E-state index is 0.239. The van der Waals surface area contributed by atoms with Gasteiger partial charge in [0.1, 0.15) is 18.0 Å². The number of imide groups is 1. The fourth-order valence-corrected chi connectivity index (χ4v) is 4.11. The Morgan fingerprint density at radius 2 is 1.88 bits per heavy atom. The monoisotopic (exact) mass is 518 g/mol. The smallest absolute Gasteiger partial charge is 0.294 e. The second-order valence-corrected chi connectivity index (χ2v) is 8.71. The van der Waals surface area contributed by atoms with Crippen molar-refractivity contribution in [1.29, 1.82) is 0 Å². The summed E-state index contributed by atoms with van der Waals surface area (Å²) in [4.78, 5) is 38.8. The number of nitrogens with one attached hydrogen (secondary N) is 1. The summed E-state index contributed by atoms with van der Waals surface area (Å²) in [5.41, 5.74) is 1.23. The van der Waals surface area contributed by atoms with Gasteiger partial charge in [-0.3, -0.25) is 19.3 Å². The number of carbonyl (C=O) groups excluding carboxylic acids is 3. The summed E-state index contributed by atoms with van der Waals surface area (Å²) >= 11 is 4.22. The molecule has 0 bridgehead atoms. The van der Waals surface area contributed by atoms with E-state index >= 15 is 0 Å². The fraction of sp³-hybridized carbons (Fsp3) is 0.261. The molecule has 0 aliphatic carbocycles. The van der Waals surface area contributed by atoms with Gasteiger partial charge < -0.3 is 14.8 Å². The molecule has 7 nitrogen and oxygen atoms in total. The standard InChI is InChI=1S/C23H23BrN2O5S/c1-3-11-31-19-10-5-16(24)12-15(19)13-20-22(28)26(23(29)32-20)14-21(27)25-17-6-8-18(9-7-17)30-4-2/h5-10,12-13H,3-4,11,14H2,1-2H3,(H,25,27)/b20-13+. The highest BCUT2D eigenvalue weighted by atomic mass is 79.9. The second kappa shape index (κ2) is 11.2. The maximum atomic E-state index is 12.8. The minimum atomic E-state index is -0.511. The van der Waals surface area contributed by atoms with Crippen molar-refractivity contribution >= 4 is 56.5 Å². The van der Waals surface area contributed by atoms with E-state index in [1.807, 2.05) is 26.0 Å². The molecule has 3 rings (SSSR count). The van der Waals surface area contributed by atoms with Crippen molar-refractivity contribution in [2.45, 2.75) is 20.3 Å². The van der Waals surface area contributed by atoms with Crippen molar-refractivity contribution in [2.75, 3.05) is 25.1 Å². The molecule has 0 atom stereocenters. The summed E-state index contributed by atoms with van der Waals surface area (Å²) in [6, 6.07) is 12.3. The summed E-state index contributed by atoms with van der Waals surface area (Å²) in [6.45, 7) is 4.60. The van der Waals surface area contributed by atoms with Gasteiger partial charge in [-0.15, -0.1) is 0 Å². The number of carbonyl (C=O) groups is 3. The van der Waals surface area contributed by atoms with Crippen LogP contribution in [0.25, 0.3) is 6.08 Å². The Balaban J connectivity index is 1.69. The second-order valence-electron chi connectivity index (χ2n) is 6.80. The molecule has 1 saturated heterocycles. The number of thioether (sulfide) groups is 1. The van der Waals surface area contributed by atoms with Crippen LogP contribution in [0, 0.1) is 0 Å². The summed E-state index contributed by atoms with van der Waals surface area (Å²) in [5.74, 6) is 0.335. The Labute approximate surface area is 199 Å². The molecule has 1 N–H and O–H groups in total. The van der Waals surface area contributed by atoms with E-state index in [4.69, 9.17) is 9.47 Å². The average Bonchev–Trinajstić information content (AvgIpc) is 3.02. The summed E-state index contributed by atoms with van der Waals surface area (Å²) in [7, 11) is 0. The molecule has 1 heterocycles. The molecule has 1 aliphatic heterocycles. The van der Waals surface area contributed by atoms with E-state index in [1.54, 1.807) is 36.4 Å². The van der Waals surface area contributed by atoms with Crippen molar-refractivity contribution in [3.8, 4) is 11.5 Å². The van der Waals surface area contributed by atoms with Gasteiger partial charge in [-0.25, -0.2) is 0 Å². The lowest BCUT2D eigenvalue weighted by atomic mass is 10.2. The lowest BCUT2D eigenvalue weighted by molar-refractivity contribution is -0.127. The fourth-order valence-electron chi connectivity index (χ4n) is 2.90. The number of amides is 3. The lowest BCUT2D eigenvalue weighted by Crippen LogP contribution is -2.36. The topological polar surface area (TPSA) is 84.9 Å². The highest BCUT2D eigenvalue weighted by molar-refractivity contribution is 9.10. The molecular weight excluding hydrogens is 496 g/mol. The molecule has 1 aliphatic rings. The summed E-state index contributed by atoms with van der Waals surface area (Å²) in [5, 5.41) is 2.20. The van der Waals surface area contributed by atoms with E-state index in [0.29, 0.717) is 36.0 Å². The van der Waals surface area contributed by atoms with Crippen LogP contribution in [0.5, 0.6) is 11.5 Å². The first-order chi connectivity index (χ1) is 15.4. The molecule has 3 amide bonds. The zero-order valence-electron chi connectivity index (χ0n) is 17.7. The van der Waals surface area contributed by atoms with E-state index in [1.165, 1.54) is 0 Å². The number of nitrogens with zero attached hydrogens (tertiary/aromatic N) is 1. The number of hydrogen-bond acceptors (Lipinski definition) is 6. The van der Waals surface area contributed by atoms with Gasteiger partial charge >= 0.3 is 0 Å². The Morgan fingerprint density at radius 3 is 2.56 bits per heavy atom. The van der Waals surface area contributed by atoms with Crippen LogP contribution in [-0.4, -0.2) is 41.7 Å². The largest absolute Gasteiger partial charge is 0.494 e. The lowest BCUT2D eigenvalue weighted by Gasteiger charge is -2.13. The molecular formula is C23H23BrN2O5S. The third-order valence-corrected chi connectivity index (χ3v) is 5.75. The number of anilines is 1. The molecule has 0 unspecified atom stereocenters. The Kier molecular flexibility index (Phi) is 8.35. The Morgan fingerprint density at radius 1 is 1.12 bits per heavy atom. The predicted octanol–water partition coefficient (Wildman–Crippen LogP) is 5.31. The van der Waals surface area contributed by atoms with Crippen LogP contribution in [0.15, 0.2) is 51.8 Å². The van der Waals surface area contributed by atoms with Crippen LogP contribution < -0.4 is 14.8 Å². The van der Waals surface area contributed by atoms with E-state index < -0.39 is 17.1 Å². The third-order valence-electron chi connectivity index (χ3n) is 4.34. The van der Waals surface area contributed by atoms with E-state index in [2.05, 4.69) is 21.2 Å². The quantitative estimate of drug-likeness (QED) is 0.452. The van der Waals surface area contributed by atoms with Crippen molar-refractivity contribution in [3.63, 3.8) is 0 Å². The van der Waals surface area contributed by atoms with Crippen LogP contribution in [0.4, 0.5) is 10.5 Å². The third kappa shape index (κ3) is 6.14. The van der Waals surface area contributed by atoms with Gasteiger partial charge in [0.05, 0.1) is 18.1 Å².